The van der Waals surface area contributed by atoms with Gasteiger partial charge < -0.3 is 20.1 Å². The summed E-state index contributed by atoms with van der Waals surface area (Å²) in [6, 6.07) is 13.2. The fourth-order valence-corrected chi connectivity index (χ4v) is 9.70. The number of carbonyl (C=O) groups excluding carboxylic acids is 4. The van der Waals surface area contributed by atoms with E-state index < -0.39 is 35.5 Å². The third-order valence-corrected chi connectivity index (χ3v) is 12.6. The molecule has 5 aliphatic rings. The first-order valence-electron chi connectivity index (χ1n) is 20.4. The van der Waals surface area contributed by atoms with E-state index >= 15 is 4.39 Å². The second-order valence-corrected chi connectivity index (χ2v) is 16.3. The van der Waals surface area contributed by atoms with Crippen LogP contribution in [0, 0.1) is 18.2 Å². The maximum Gasteiger partial charge on any atom is 0.319 e. The molecule has 4 amide bonds. The van der Waals surface area contributed by atoms with Crippen LogP contribution < -0.4 is 20.3 Å². The Balaban J connectivity index is 0.904. The standard InChI is InChI=1S/C45H41FN8O6/c1-2-25-5-3-6-26-18-30(55)19-33(37(25)26)39-38(46)40-34(20-47-39)41(53-21-27-9-10-28(22-53)48-27)51-45(50-40)60-23-29-7-4-15-52(29)16-14-24-8-11-31-32(17-24)44(59)54(43(31)58)35-12-13-36(56)49-42(35)57/h1,3,5-6,8,11,17-20,27-29,35,48,55H,4,7,9-10,12-16,21-23H2,(H,49,56,57)/t27-,28+,29-,35?/m0/s1. The SMILES string of the molecule is C#Cc1cccc2cc(O)cc(-c3ncc4c(N5C[C@H]6CC[C@@H](C5)N6)nc(OC[C@@H]5CCCN5CCc5ccc6c(c5)C(=O)N(C5CCC(=O)NC5=O)C6=O)nc4c3F)c12. The summed E-state index contributed by atoms with van der Waals surface area (Å²) in [5.41, 5.74) is 2.33. The summed E-state index contributed by atoms with van der Waals surface area (Å²) in [6.45, 7) is 3.14. The van der Waals surface area contributed by atoms with E-state index in [1.165, 1.54) is 6.07 Å². The van der Waals surface area contributed by atoms with E-state index in [1.807, 2.05) is 12.1 Å². The third-order valence-electron chi connectivity index (χ3n) is 12.6. The van der Waals surface area contributed by atoms with Crippen LogP contribution in [0.4, 0.5) is 10.2 Å². The van der Waals surface area contributed by atoms with Crippen molar-refractivity contribution in [2.24, 2.45) is 0 Å². The lowest BCUT2D eigenvalue weighted by Gasteiger charge is -2.34. The molecule has 0 saturated carbocycles. The highest BCUT2D eigenvalue weighted by molar-refractivity contribution is 6.23. The molecule has 4 atom stereocenters. The molecule has 4 saturated heterocycles. The minimum Gasteiger partial charge on any atom is -0.508 e. The summed E-state index contributed by atoms with van der Waals surface area (Å²) < 4.78 is 23.4. The van der Waals surface area contributed by atoms with E-state index in [0.717, 1.165) is 42.7 Å². The van der Waals surface area contributed by atoms with Crippen molar-refractivity contribution in [3.63, 3.8) is 0 Å². The maximum atomic E-state index is 17.0. The van der Waals surface area contributed by atoms with Gasteiger partial charge in [-0.1, -0.05) is 24.1 Å². The molecule has 7 heterocycles. The zero-order valence-electron chi connectivity index (χ0n) is 32.6. The molecule has 0 aliphatic carbocycles. The van der Waals surface area contributed by atoms with Crippen molar-refractivity contribution in [3.05, 3.63) is 82.8 Å². The number of hydrogen-bond donors (Lipinski definition) is 3. The van der Waals surface area contributed by atoms with Crippen LogP contribution in [0.15, 0.2) is 54.7 Å². The van der Waals surface area contributed by atoms with Crippen LogP contribution in [0.2, 0.25) is 0 Å². The lowest BCUT2D eigenvalue weighted by molar-refractivity contribution is -0.136. The van der Waals surface area contributed by atoms with Gasteiger partial charge in [0.1, 0.15) is 35.4 Å². The highest BCUT2D eigenvalue weighted by atomic mass is 19.1. The maximum absolute atomic E-state index is 17.0. The molecular weight excluding hydrogens is 768 g/mol. The Morgan fingerprint density at radius 1 is 0.950 bits per heavy atom. The molecule has 14 nitrogen and oxygen atoms in total. The van der Waals surface area contributed by atoms with Gasteiger partial charge in [-0.3, -0.25) is 39.3 Å². The molecule has 5 aliphatic heterocycles. The summed E-state index contributed by atoms with van der Waals surface area (Å²) in [5.74, 6) is 0.394. The summed E-state index contributed by atoms with van der Waals surface area (Å²) >= 11 is 0. The van der Waals surface area contributed by atoms with E-state index in [4.69, 9.17) is 16.1 Å². The fourth-order valence-electron chi connectivity index (χ4n) is 9.70. The summed E-state index contributed by atoms with van der Waals surface area (Å²) in [6.07, 6.45) is 12.1. The number of terminal acetylenes is 1. The first-order chi connectivity index (χ1) is 29.1. The largest absolute Gasteiger partial charge is 0.508 e. The number of phenolic OH excluding ortho intramolecular Hbond substituents is 1. The molecule has 304 valence electrons. The second kappa shape index (κ2) is 15.0. The van der Waals surface area contributed by atoms with Crippen molar-refractivity contribution in [1.29, 1.82) is 0 Å². The van der Waals surface area contributed by atoms with E-state index in [0.29, 0.717) is 59.2 Å². The number of pyridine rings is 1. The second-order valence-electron chi connectivity index (χ2n) is 16.3. The number of carbonyl (C=O) groups is 4. The number of nitrogens with one attached hydrogen (secondary N) is 2. The number of amides is 4. The number of likely N-dealkylation sites (tertiary alicyclic amines) is 1. The van der Waals surface area contributed by atoms with E-state index in [1.54, 1.807) is 36.5 Å². The highest BCUT2D eigenvalue weighted by Crippen LogP contribution is 2.39. The monoisotopic (exact) mass is 808 g/mol. The minimum absolute atomic E-state index is 0.00495. The zero-order valence-corrected chi connectivity index (χ0v) is 32.6. The molecule has 5 aromatic rings. The van der Waals surface area contributed by atoms with Crippen LogP contribution in [0.1, 0.15) is 70.4 Å². The number of anilines is 1. The average Bonchev–Trinajstić information content (AvgIpc) is 3.92. The Labute approximate surface area is 344 Å². The lowest BCUT2D eigenvalue weighted by atomic mass is 9.96. The average molecular weight is 809 g/mol. The normalized spacial score (nSPS) is 22.8. The minimum atomic E-state index is -1.02. The van der Waals surface area contributed by atoms with Gasteiger partial charge in [0.15, 0.2) is 5.82 Å². The number of piperidine rings is 1. The van der Waals surface area contributed by atoms with Crippen LogP contribution in [0.5, 0.6) is 11.8 Å². The van der Waals surface area contributed by atoms with Crippen LogP contribution in [0.3, 0.4) is 0 Å². The van der Waals surface area contributed by atoms with Crippen molar-refractivity contribution in [2.75, 3.05) is 37.7 Å². The Morgan fingerprint density at radius 3 is 2.57 bits per heavy atom. The number of piperazine rings is 1. The molecular formula is C45H41FN8O6. The molecule has 10 rings (SSSR count). The van der Waals surface area contributed by atoms with Gasteiger partial charge in [0.05, 0.1) is 16.5 Å². The molecule has 60 heavy (non-hydrogen) atoms. The number of imide groups is 2. The molecule has 3 aromatic carbocycles. The number of aromatic hydroxyl groups is 1. The van der Waals surface area contributed by atoms with E-state index in [9.17, 15) is 24.3 Å². The predicted octanol–water partition coefficient (Wildman–Crippen LogP) is 4.10. The van der Waals surface area contributed by atoms with Crippen molar-refractivity contribution in [1.82, 2.24) is 35.4 Å². The Morgan fingerprint density at radius 2 is 1.77 bits per heavy atom. The van der Waals surface area contributed by atoms with Crippen molar-refractivity contribution in [3.8, 4) is 35.4 Å². The number of phenols is 1. The smallest absolute Gasteiger partial charge is 0.319 e. The van der Waals surface area contributed by atoms with Crippen LogP contribution in [0.25, 0.3) is 32.9 Å². The third kappa shape index (κ3) is 6.56. The quantitative estimate of drug-likeness (QED) is 0.144. The number of ether oxygens (including phenoxy) is 1. The highest BCUT2D eigenvalue weighted by Gasteiger charge is 2.44. The summed E-state index contributed by atoms with van der Waals surface area (Å²) in [7, 11) is 0. The van der Waals surface area contributed by atoms with Crippen molar-refractivity contribution < 1.29 is 33.4 Å². The van der Waals surface area contributed by atoms with Gasteiger partial charge >= 0.3 is 6.01 Å². The van der Waals surface area contributed by atoms with Crippen LogP contribution in [-0.2, 0) is 16.0 Å². The molecule has 2 bridgehead atoms. The lowest BCUT2D eigenvalue weighted by Crippen LogP contribution is -2.54. The van der Waals surface area contributed by atoms with E-state index in [2.05, 4.69) is 36.3 Å². The molecule has 15 heteroatoms. The predicted molar refractivity (Wildman–Crippen MR) is 219 cm³/mol. The Bertz CT molecular complexity index is 2690. The first kappa shape index (κ1) is 37.7. The Kier molecular flexibility index (Phi) is 9.41. The van der Waals surface area contributed by atoms with Crippen LogP contribution >= 0.6 is 0 Å². The number of nitrogens with zero attached hydrogens (tertiary/aromatic N) is 6. The summed E-state index contributed by atoms with van der Waals surface area (Å²) in [4.78, 5) is 70.4. The van der Waals surface area contributed by atoms with Gasteiger partial charge in [-0.2, -0.15) is 9.97 Å². The molecule has 0 radical (unpaired) electrons. The van der Waals surface area contributed by atoms with Gasteiger partial charge in [-0.25, -0.2) is 4.39 Å². The number of aromatic nitrogens is 3. The van der Waals surface area contributed by atoms with Gasteiger partial charge in [0.25, 0.3) is 11.8 Å². The van der Waals surface area contributed by atoms with Crippen molar-refractivity contribution >= 4 is 51.1 Å². The number of fused-ring (bicyclic) bond motifs is 5. The zero-order chi connectivity index (χ0) is 41.2. The first-order valence-corrected chi connectivity index (χ1v) is 20.4. The number of hydrogen-bond acceptors (Lipinski definition) is 12. The number of rotatable bonds is 9. The fraction of sp³-hybridized carbons (Fsp3) is 0.356. The molecule has 0 spiro atoms. The van der Waals surface area contributed by atoms with Gasteiger partial charge in [-0.15, -0.1) is 6.42 Å². The molecule has 3 N–H and O–H groups in total. The van der Waals surface area contributed by atoms with Crippen LogP contribution in [-0.4, -0.2) is 110 Å². The van der Waals surface area contributed by atoms with Gasteiger partial charge in [0, 0.05) is 66.9 Å². The number of halogens is 1. The molecule has 1 unspecified atom stereocenters. The Hall–Kier alpha value is -6.50. The number of benzene rings is 3. The summed E-state index contributed by atoms with van der Waals surface area (Å²) in [5, 5.41) is 18.3. The van der Waals surface area contributed by atoms with Crippen molar-refractivity contribution in [2.45, 2.75) is 69.1 Å². The molecule has 2 aromatic heterocycles. The van der Waals surface area contributed by atoms with E-state index in [-0.39, 0.29) is 71.7 Å². The van der Waals surface area contributed by atoms with Gasteiger partial charge in [0.2, 0.25) is 11.8 Å². The topological polar surface area (TPSA) is 170 Å². The molecule has 4 fully saturated rings. The van der Waals surface area contributed by atoms with Gasteiger partial charge in [-0.05, 0) is 86.4 Å².